The van der Waals surface area contributed by atoms with Gasteiger partial charge < -0.3 is 19.9 Å². The maximum atomic E-state index is 12.3. The first-order chi connectivity index (χ1) is 13.5. The van der Waals surface area contributed by atoms with Crippen LogP contribution in [0.3, 0.4) is 0 Å². The first kappa shape index (κ1) is 17.0. The molecule has 5 rings (SSSR count). The highest BCUT2D eigenvalue weighted by Crippen LogP contribution is 2.85. The van der Waals surface area contributed by atoms with Crippen LogP contribution < -0.4 is 10.1 Å². The van der Waals surface area contributed by atoms with E-state index in [0.29, 0.717) is 36.8 Å². The van der Waals surface area contributed by atoms with Gasteiger partial charge in [-0.25, -0.2) is 4.98 Å². The molecule has 0 saturated heterocycles. The number of phenols is 1. The molecule has 7 nitrogen and oxygen atoms in total. The number of hydrogen-bond donors (Lipinski definition) is 2. The number of amides is 1. The zero-order chi connectivity index (χ0) is 19.5. The minimum absolute atomic E-state index is 0.0132. The molecule has 0 spiro atoms. The number of esters is 1. The number of carbonyl (C=O) groups excluding carboxylic acids is 2. The predicted octanol–water partition coefficient (Wildman–Crippen LogP) is 3.13. The predicted molar refractivity (Wildman–Crippen MR) is 99.3 cm³/mol. The molecule has 144 valence electrons. The Balaban J connectivity index is 1.41. The highest BCUT2D eigenvalue weighted by Gasteiger charge is 2.84. The normalized spacial score (nSPS) is 26.5. The van der Waals surface area contributed by atoms with Crippen LogP contribution in [0.1, 0.15) is 36.8 Å². The van der Waals surface area contributed by atoms with Crippen molar-refractivity contribution in [3.05, 3.63) is 41.6 Å². The molecule has 0 radical (unpaired) electrons. The molecule has 1 aromatic heterocycles. The second-order valence-electron chi connectivity index (χ2n) is 7.56. The molecular formula is C21H20N2O5. The first-order valence-corrected chi connectivity index (χ1v) is 9.50. The van der Waals surface area contributed by atoms with Crippen molar-refractivity contribution in [2.45, 2.75) is 32.1 Å². The average Bonchev–Trinajstić information content (AvgIpc) is 3.55. The zero-order valence-electron chi connectivity index (χ0n) is 15.4. The topological polar surface area (TPSA) is 97.8 Å². The van der Waals surface area contributed by atoms with Crippen LogP contribution in [-0.4, -0.2) is 28.6 Å². The molecule has 3 unspecified atom stereocenters. The summed E-state index contributed by atoms with van der Waals surface area (Å²) in [6, 6.07) is 6.84. The Labute approximate surface area is 161 Å². The average molecular weight is 380 g/mol. The summed E-state index contributed by atoms with van der Waals surface area (Å²) in [5.74, 6) is 1.90. The number of pyridine rings is 1. The van der Waals surface area contributed by atoms with Crippen molar-refractivity contribution in [2.24, 2.45) is 11.3 Å². The van der Waals surface area contributed by atoms with Crippen LogP contribution in [0.2, 0.25) is 0 Å². The van der Waals surface area contributed by atoms with E-state index in [1.165, 1.54) is 0 Å². The van der Waals surface area contributed by atoms with E-state index in [1.54, 1.807) is 37.4 Å². The zero-order valence-corrected chi connectivity index (χ0v) is 15.4. The number of aromatic hydroxyl groups is 1. The van der Waals surface area contributed by atoms with E-state index in [4.69, 9.17) is 9.47 Å². The second-order valence-corrected chi connectivity index (χ2v) is 7.56. The van der Waals surface area contributed by atoms with Crippen molar-refractivity contribution in [3.8, 4) is 17.2 Å². The van der Waals surface area contributed by atoms with Gasteiger partial charge in [-0.15, -0.1) is 0 Å². The molecule has 2 aromatic rings. The van der Waals surface area contributed by atoms with E-state index < -0.39 is 5.41 Å². The van der Waals surface area contributed by atoms with Crippen LogP contribution in [0.5, 0.6) is 17.2 Å². The molecule has 2 fully saturated rings. The van der Waals surface area contributed by atoms with Crippen molar-refractivity contribution >= 4 is 17.7 Å². The molecule has 2 aliphatic carbocycles. The lowest BCUT2D eigenvalue weighted by Crippen LogP contribution is -2.20. The molecule has 1 aromatic carbocycles. The van der Waals surface area contributed by atoms with Crippen molar-refractivity contribution in [1.82, 2.24) is 4.98 Å². The first-order valence-electron chi connectivity index (χ1n) is 9.50. The Morgan fingerprint density at radius 2 is 2.21 bits per heavy atom. The summed E-state index contributed by atoms with van der Waals surface area (Å²) in [6.45, 7) is 2.16. The Bertz CT molecular complexity index is 1000. The van der Waals surface area contributed by atoms with Crippen molar-refractivity contribution in [2.75, 3.05) is 11.9 Å². The number of fused-ring (bicyclic) bond motifs is 2. The van der Waals surface area contributed by atoms with Gasteiger partial charge >= 0.3 is 5.97 Å². The van der Waals surface area contributed by atoms with Crippen molar-refractivity contribution in [1.29, 1.82) is 0 Å². The molecular weight excluding hydrogens is 360 g/mol. The van der Waals surface area contributed by atoms with E-state index in [2.05, 4.69) is 10.3 Å². The van der Waals surface area contributed by atoms with Gasteiger partial charge in [0.25, 0.3) is 0 Å². The molecule has 2 saturated carbocycles. The van der Waals surface area contributed by atoms with Crippen LogP contribution in [-0.2, 0) is 20.7 Å². The Hall–Kier alpha value is -3.09. The maximum absolute atomic E-state index is 12.3. The molecule has 2 N–H and O–H groups in total. The monoisotopic (exact) mass is 380 g/mol. The number of anilines is 1. The summed E-state index contributed by atoms with van der Waals surface area (Å²) in [7, 11) is 0. The lowest BCUT2D eigenvalue weighted by atomic mass is 9.96. The molecule has 1 aliphatic heterocycles. The van der Waals surface area contributed by atoms with Gasteiger partial charge in [0.15, 0.2) is 0 Å². The molecule has 7 heteroatoms. The van der Waals surface area contributed by atoms with Gasteiger partial charge in [0.05, 0.1) is 12.0 Å². The fourth-order valence-corrected chi connectivity index (χ4v) is 4.35. The highest BCUT2D eigenvalue weighted by atomic mass is 16.5. The van der Waals surface area contributed by atoms with E-state index in [-0.39, 0.29) is 29.5 Å². The SMILES string of the molecule is CCOC(=O)C12CC1C2c1cc(Oc2ccnc3c2CCC(=O)N3)ccc1O. The standard InChI is InChI=1S/C21H20N2O5/c1-2-27-20(26)21-10-14(21)18(21)13-9-11(3-5-15(13)24)28-16-7-8-22-19-12(16)4-6-17(25)23-19/h3,5,7-9,14,18,24H,2,4,6,10H2,1H3,(H,22,23,25). The fraction of sp³-hybridized carbons (Fsp3) is 0.381. The molecule has 3 aliphatic rings. The Morgan fingerprint density at radius 3 is 3.00 bits per heavy atom. The fourth-order valence-electron chi connectivity index (χ4n) is 4.35. The van der Waals surface area contributed by atoms with E-state index >= 15 is 0 Å². The second kappa shape index (κ2) is 5.95. The third-order valence-corrected chi connectivity index (χ3v) is 6.00. The largest absolute Gasteiger partial charge is 0.508 e. The number of rotatable bonds is 5. The Morgan fingerprint density at radius 1 is 1.36 bits per heavy atom. The third kappa shape index (κ3) is 2.46. The summed E-state index contributed by atoms with van der Waals surface area (Å²) in [6.07, 6.45) is 3.36. The van der Waals surface area contributed by atoms with Gasteiger partial charge in [-0.2, -0.15) is 0 Å². The number of aromatic nitrogens is 1. The summed E-state index contributed by atoms with van der Waals surface area (Å²) >= 11 is 0. The number of benzene rings is 1. The quantitative estimate of drug-likeness (QED) is 0.774. The molecule has 3 atom stereocenters. The summed E-state index contributed by atoms with van der Waals surface area (Å²) in [5, 5.41) is 13.1. The number of nitrogens with one attached hydrogen (secondary N) is 1. The van der Waals surface area contributed by atoms with Crippen LogP contribution in [0.25, 0.3) is 0 Å². The number of ether oxygens (including phenoxy) is 2. The van der Waals surface area contributed by atoms with E-state index in [1.807, 2.05) is 0 Å². The van der Waals surface area contributed by atoms with Crippen LogP contribution >= 0.6 is 0 Å². The highest BCUT2D eigenvalue weighted by molar-refractivity contribution is 5.93. The lowest BCUT2D eigenvalue weighted by molar-refractivity contribution is -0.147. The van der Waals surface area contributed by atoms with Gasteiger partial charge in [-0.1, -0.05) is 0 Å². The maximum Gasteiger partial charge on any atom is 0.313 e. The molecule has 2 heterocycles. The third-order valence-electron chi connectivity index (χ3n) is 6.00. The van der Waals surface area contributed by atoms with Crippen molar-refractivity contribution < 1.29 is 24.2 Å². The van der Waals surface area contributed by atoms with E-state index in [9.17, 15) is 14.7 Å². The number of phenolic OH excluding ortho intramolecular Hbond substituents is 1. The minimum Gasteiger partial charge on any atom is -0.508 e. The van der Waals surface area contributed by atoms with Gasteiger partial charge in [-0.05, 0) is 49.9 Å². The van der Waals surface area contributed by atoms with Crippen molar-refractivity contribution in [3.63, 3.8) is 0 Å². The summed E-state index contributed by atoms with van der Waals surface area (Å²) in [4.78, 5) is 28.0. The van der Waals surface area contributed by atoms with Crippen LogP contribution in [0.15, 0.2) is 30.5 Å². The van der Waals surface area contributed by atoms with Gasteiger partial charge in [0.2, 0.25) is 5.91 Å². The summed E-state index contributed by atoms with van der Waals surface area (Å²) < 4.78 is 11.3. The van der Waals surface area contributed by atoms with E-state index in [0.717, 1.165) is 17.5 Å². The Kier molecular flexibility index (Phi) is 3.62. The number of hydrogen-bond acceptors (Lipinski definition) is 6. The van der Waals surface area contributed by atoms with Gasteiger partial charge in [0.1, 0.15) is 23.1 Å². The van der Waals surface area contributed by atoms with Crippen LogP contribution in [0.4, 0.5) is 5.82 Å². The van der Waals surface area contributed by atoms with Gasteiger partial charge in [0, 0.05) is 29.7 Å². The van der Waals surface area contributed by atoms with Crippen LogP contribution in [0, 0.1) is 11.3 Å². The van der Waals surface area contributed by atoms with Gasteiger partial charge in [-0.3, -0.25) is 9.59 Å². The number of carbonyl (C=O) groups is 2. The number of nitrogens with zero attached hydrogens (tertiary/aromatic N) is 1. The minimum atomic E-state index is -0.452. The summed E-state index contributed by atoms with van der Waals surface area (Å²) in [5.41, 5.74) is 1.12. The molecule has 28 heavy (non-hydrogen) atoms. The molecule has 0 bridgehead atoms. The molecule has 1 amide bonds. The smallest absolute Gasteiger partial charge is 0.313 e. The lowest BCUT2D eigenvalue weighted by Gasteiger charge is -2.19.